The minimum absolute atomic E-state index is 0.00880. The summed E-state index contributed by atoms with van der Waals surface area (Å²) in [7, 11) is 0. The summed E-state index contributed by atoms with van der Waals surface area (Å²) >= 11 is 6.35. The van der Waals surface area contributed by atoms with Gasteiger partial charge in [0.15, 0.2) is 0 Å². The second kappa shape index (κ2) is 6.37. The number of benzene rings is 3. The maximum absolute atomic E-state index is 12.2. The molecule has 0 bridgehead atoms. The Hall–Kier alpha value is -3.78. The van der Waals surface area contributed by atoms with Crippen LogP contribution in [0.4, 0.5) is 0 Å². The molecule has 0 unspecified atom stereocenters. The first kappa shape index (κ1) is 20.1. The van der Waals surface area contributed by atoms with Crippen LogP contribution in [0.1, 0.15) is 0 Å². The topological polar surface area (TPSA) is 188 Å². The molecule has 0 amide bonds. The van der Waals surface area contributed by atoms with E-state index in [0.29, 0.717) is 0 Å². The van der Waals surface area contributed by atoms with Crippen LogP contribution in [0.3, 0.4) is 0 Å². The van der Waals surface area contributed by atoms with E-state index < -0.39 is 65.5 Å². The zero-order valence-corrected chi connectivity index (χ0v) is 18.0. The van der Waals surface area contributed by atoms with Crippen molar-refractivity contribution in [1.82, 2.24) is 19.9 Å². The highest BCUT2D eigenvalue weighted by Gasteiger charge is 2.23. The standard InChI is InChI=1S/C18Br2N4O8/c19-1-3-5(23-9-7(21-3)11(25)15(29)17(31)13(9)27)2(20)6-4(1)22-8-10(24-6)14(28)18(32)16(30)12(8)26. The monoisotopic (exact) mass is 558 g/mol. The molecule has 0 aliphatic heterocycles. The Labute approximate surface area is 186 Å². The molecule has 154 valence electrons. The van der Waals surface area contributed by atoms with Crippen LogP contribution in [0.15, 0.2) is 47.3 Å². The molecule has 32 heavy (non-hydrogen) atoms. The van der Waals surface area contributed by atoms with Gasteiger partial charge in [0.2, 0.25) is 0 Å². The summed E-state index contributed by atoms with van der Waals surface area (Å²) in [6.07, 6.45) is 0. The van der Waals surface area contributed by atoms with Gasteiger partial charge in [0.1, 0.15) is 44.1 Å². The van der Waals surface area contributed by atoms with E-state index in [1.54, 1.807) is 0 Å². The lowest BCUT2D eigenvalue weighted by Crippen LogP contribution is -2.47. The minimum atomic E-state index is -1.55. The van der Waals surface area contributed by atoms with Crippen LogP contribution in [-0.4, -0.2) is 19.9 Å². The summed E-state index contributed by atoms with van der Waals surface area (Å²) in [5.74, 6) is 0. The summed E-state index contributed by atoms with van der Waals surface area (Å²) in [6.45, 7) is 0. The van der Waals surface area contributed by atoms with Gasteiger partial charge in [-0.15, -0.1) is 0 Å². The first-order valence-electron chi connectivity index (χ1n) is 8.30. The lowest BCUT2D eigenvalue weighted by molar-refractivity contribution is 1.27. The average Bonchev–Trinajstić information content (AvgIpc) is 2.80. The van der Waals surface area contributed by atoms with Crippen LogP contribution in [0.25, 0.3) is 44.1 Å². The van der Waals surface area contributed by atoms with Gasteiger partial charge in [0.25, 0.3) is 43.4 Å². The molecule has 0 saturated carbocycles. The number of aromatic nitrogens is 4. The Morgan fingerprint density at radius 3 is 0.688 bits per heavy atom. The number of fused-ring (bicyclic) bond motifs is 4. The SMILES string of the molecule is O=c1c(=O)c(=O)c2nc3c(Br)c4nc5c(=O)c(=O)c(=O)c(=O)c5nc4c(Br)c3nc2c1=O. The second-order valence-electron chi connectivity index (χ2n) is 6.50. The Kier molecular flexibility index (Phi) is 4.01. The molecule has 0 spiro atoms. The molecule has 0 radical (unpaired) electrons. The zero-order chi connectivity index (χ0) is 23.2. The summed E-state index contributed by atoms with van der Waals surface area (Å²) in [4.78, 5) is 112. The molecule has 0 atom stereocenters. The van der Waals surface area contributed by atoms with Crippen LogP contribution in [0, 0.1) is 0 Å². The van der Waals surface area contributed by atoms with Gasteiger partial charge in [-0.3, -0.25) is 38.4 Å². The van der Waals surface area contributed by atoms with Crippen LogP contribution < -0.4 is 43.4 Å². The van der Waals surface area contributed by atoms with Crippen LogP contribution in [0.5, 0.6) is 0 Å². The Morgan fingerprint density at radius 2 is 0.500 bits per heavy atom. The van der Waals surface area contributed by atoms with Gasteiger partial charge >= 0.3 is 0 Å². The fourth-order valence-electron chi connectivity index (χ4n) is 3.18. The van der Waals surface area contributed by atoms with Crippen LogP contribution in [0.2, 0.25) is 0 Å². The van der Waals surface area contributed by atoms with E-state index in [2.05, 4.69) is 51.8 Å². The van der Waals surface area contributed by atoms with Gasteiger partial charge in [-0.2, -0.15) is 0 Å². The summed E-state index contributed by atoms with van der Waals surface area (Å²) in [5, 5.41) is 0. The largest absolute Gasteiger partial charge is 0.283 e. The molecule has 0 aliphatic carbocycles. The smallest absolute Gasteiger partial charge is 0.279 e. The van der Waals surface area contributed by atoms with E-state index in [1.165, 1.54) is 0 Å². The summed E-state index contributed by atoms with van der Waals surface area (Å²) in [6, 6.07) is 0. The molecule has 0 N–H and O–H groups in total. The van der Waals surface area contributed by atoms with E-state index in [0.717, 1.165) is 0 Å². The lowest BCUT2D eigenvalue weighted by atomic mass is 10.2. The molecule has 0 fully saturated rings. The van der Waals surface area contributed by atoms with E-state index in [1.807, 2.05) is 0 Å². The van der Waals surface area contributed by atoms with Gasteiger partial charge in [0.05, 0.1) is 8.95 Å². The average molecular weight is 560 g/mol. The molecule has 2 heterocycles. The molecular weight excluding hydrogens is 560 g/mol. The molecule has 12 nitrogen and oxygen atoms in total. The Bertz CT molecular complexity index is 1870. The van der Waals surface area contributed by atoms with Gasteiger partial charge < -0.3 is 0 Å². The molecular formula is C18Br2N4O8. The predicted octanol–water partition coefficient (Wildman–Crippen LogP) is -1.96. The van der Waals surface area contributed by atoms with Crippen molar-refractivity contribution in [1.29, 1.82) is 0 Å². The highest BCUT2D eigenvalue weighted by atomic mass is 79.9. The zero-order valence-electron chi connectivity index (χ0n) is 14.8. The van der Waals surface area contributed by atoms with Crippen molar-refractivity contribution in [2.24, 2.45) is 0 Å². The first-order valence-corrected chi connectivity index (χ1v) is 9.89. The van der Waals surface area contributed by atoms with Gasteiger partial charge in [-0.1, -0.05) is 0 Å². The number of rotatable bonds is 0. The van der Waals surface area contributed by atoms with Crippen molar-refractivity contribution in [2.75, 3.05) is 0 Å². The van der Waals surface area contributed by atoms with Crippen molar-refractivity contribution in [3.05, 3.63) is 90.7 Å². The van der Waals surface area contributed by atoms with Gasteiger partial charge in [-0.05, 0) is 31.9 Å². The fourth-order valence-corrected chi connectivity index (χ4v) is 4.29. The first-order chi connectivity index (χ1) is 15.0. The number of hydrogen-bond donors (Lipinski definition) is 0. The van der Waals surface area contributed by atoms with Crippen molar-refractivity contribution in [3.63, 3.8) is 0 Å². The number of nitrogens with zero attached hydrogens (tertiary/aromatic N) is 4. The van der Waals surface area contributed by atoms with Gasteiger partial charge in [0, 0.05) is 0 Å². The Morgan fingerprint density at radius 1 is 0.312 bits per heavy atom. The third-order valence-electron chi connectivity index (χ3n) is 4.72. The molecule has 0 saturated heterocycles. The van der Waals surface area contributed by atoms with E-state index >= 15 is 0 Å². The third kappa shape index (κ3) is 2.35. The minimum Gasteiger partial charge on any atom is -0.283 e. The molecule has 14 heteroatoms. The van der Waals surface area contributed by atoms with Crippen molar-refractivity contribution in [3.8, 4) is 0 Å². The van der Waals surface area contributed by atoms with Crippen LogP contribution >= 0.6 is 31.9 Å². The maximum atomic E-state index is 12.2. The lowest BCUT2D eigenvalue weighted by Gasteiger charge is -2.08. The fraction of sp³-hybridized carbons (Fsp3) is 0. The third-order valence-corrected chi connectivity index (χ3v) is 6.22. The molecule has 2 aromatic heterocycles. The quantitative estimate of drug-likeness (QED) is 0.151. The molecule has 5 aromatic rings. The Balaban J connectivity index is 2.14. The second-order valence-corrected chi connectivity index (χ2v) is 8.08. The number of hydrogen-bond acceptors (Lipinski definition) is 12. The molecule has 5 rings (SSSR count). The van der Waals surface area contributed by atoms with Crippen molar-refractivity contribution >= 4 is 76.0 Å². The van der Waals surface area contributed by atoms with E-state index in [-0.39, 0.29) is 31.0 Å². The normalized spacial score (nSPS) is 11.8. The summed E-state index contributed by atoms with van der Waals surface area (Å²) in [5.41, 5.74) is -14.4. The van der Waals surface area contributed by atoms with Crippen LogP contribution in [-0.2, 0) is 0 Å². The van der Waals surface area contributed by atoms with Gasteiger partial charge in [-0.25, -0.2) is 19.9 Å². The predicted molar refractivity (Wildman–Crippen MR) is 118 cm³/mol. The van der Waals surface area contributed by atoms with E-state index in [9.17, 15) is 38.4 Å². The van der Waals surface area contributed by atoms with Crippen molar-refractivity contribution in [2.45, 2.75) is 0 Å². The number of halogens is 2. The highest BCUT2D eigenvalue weighted by molar-refractivity contribution is 9.11. The summed E-state index contributed by atoms with van der Waals surface area (Å²) < 4.78 is -0.0176. The maximum Gasteiger partial charge on any atom is 0.279 e. The molecule has 0 aliphatic rings. The van der Waals surface area contributed by atoms with Crippen molar-refractivity contribution < 1.29 is 0 Å². The highest BCUT2D eigenvalue weighted by Crippen LogP contribution is 2.36. The molecule has 3 aromatic carbocycles. The van der Waals surface area contributed by atoms with E-state index in [4.69, 9.17) is 0 Å².